The van der Waals surface area contributed by atoms with Gasteiger partial charge in [-0.05, 0) is 83.7 Å². The van der Waals surface area contributed by atoms with Gasteiger partial charge < -0.3 is 14.6 Å². The Labute approximate surface area is 176 Å². The van der Waals surface area contributed by atoms with Crippen LogP contribution in [0.25, 0.3) is 22.6 Å². The second-order valence-electron chi connectivity index (χ2n) is 7.02. The van der Waals surface area contributed by atoms with Crippen molar-refractivity contribution in [1.29, 1.82) is 0 Å². The average molecular weight is 451 g/mol. The number of nitrogens with zero attached hydrogens (tertiary/aromatic N) is 2. The molecule has 0 bridgehead atoms. The summed E-state index contributed by atoms with van der Waals surface area (Å²) in [4.78, 5) is 8.85. The molecule has 0 amide bonds. The van der Waals surface area contributed by atoms with E-state index >= 15 is 0 Å². The molecule has 146 valence electrons. The number of aryl methyl sites for hydroxylation is 2. The van der Waals surface area contributed by atoms with Gasteiger partial charge in [0.15, 0.2) is 5.58 Å². The van der Waals surface area contributed by atoms with E-state index in [2.05, 4.69) is 25.9 Å². The molecule has 0 aliphatic carbocycles. The van der Waals surface area contributed by atoms with E-state index in [1.807, 2.05) is 45.0 Å². The normalized spacial score (nSPS) is 11.6. The summed E-state index contributed by atoms with van der Waals surface area (Å²) in [5, 5.41) is 20.8. The fourth-order valence-corrected chi connectivity index (χ4v) is 3.61. The van der Waals surface area contributed by atoms with Gasteiger partial charge in [-0.1, -0.05) is 6.07 Å². The van der Waals surface area contributed by atoms with E-state index in [0.717, 1.165) is 22.2 Å². The maximum Gasteiger partial charge on any atom is 0.231 e. The highest BCUT2D eigenvalue weighted by molar-refractivity contribution is 9.10. The van der Waals surface area contributed by atoms with Crippen LogP contribution in [-0.2, 0) is 0 Å². The summed E-state index contributed by atoms with van der Waals surface area (Å²) >= 11 is 3.40. The molecule has 0 saturated carbocycles. The summed E-state index contributed by atoms with van der Waals surface area (Å²) in [6.45, 7) is 5.90. The van der Waals surface area contributed by atoms with E-state index in [4.69, 9.17) is 4.42 Å². The number of aromatic nitrogens is 1. The van der Waals surface area contributed by atoms with Crippen molar-refractivity contribution in [2.24, 2.45) is 4.99 Å². The topological polar surface area (TPSA) is 78.9 Å². The van der Waals surface area contributed by atoms with Gasteiger partial charge in [0.2, 0.25) is 5.89 Å². The number of hydrogen-bond acceptors (Lipinski definition) is 5. The zero-order valence-corrected chi connectivity index (χ0v) is 17.8. The van der Waals surface area contributed by atoms with Crippen molar-refractivity contribution in [2.75, 3.05) is 0 Å². The van der Waals surface area contributed by atoms with Crippen LogP contribution in [0.2, 0.25) is 0 Å². The second-order valence-corrected chi connectivity index (χ2v) is 7.81. The number of phenolic OH excluding ortho intramolecular Hbond substituents is 2. The van der Waals surface area contributed by atoms with Crippen LogP contribution in [0.15, 0.2) is 56.3 Å². The van der Waals surface area contributed by atoms with Crippen molar-refractivity contribution < 1.29 is 14.6 Å². The molecule has 0 spiro atoms. The fourth-order valence-electron chi connectivity index (χ4n) is 3.06. The van der Waals surface area contributed by atoms with E-state index in [1.54, 1.807) is 24.4 Å². The molecule has 6 heteroatoms. The molecule has 0 unspecified atom stereocenters. The molecular formula is C23H19BrN2O3. The number of aromatic hydroxyl groups is 2. The molecule has 0 aliphatic rings. The second kappa shape index (κ2) is 7.37. The smallest absolute Gasteiger partial charge is 0.231 e. The number of benzene rings is 3. The van der Waals surface area contributed by atoms with E-state index in [9.17, 15) is 10.2 Å². The highest BCUT2D eigenvalue weighted by Gasteiger charge is 2.13. The quantitative estimate of drug-likeness (QED) is 0.356. The molecule has 3 aromatic carbocycles. The van der Waals surface area contributed by atoms with Crippen molar-refractivity contribution in [3.05, 3.63) is 69.2 Å². The Balaban J connectivity index is 1.66. The largest absolute Gasteiger partial charge is 0.507 e. The first-order valence-corrected chi connectivity index (χ1v) is 9.86. The van der Waals surface area contributed by atoms with Gasteiger partial charge in [0, 0.05) is 17.8 Å². The first-order chi connectivity index (χ1) is 13.8. The number of oxazole rings is 1. The molecule has 0 atom stereocenters. The number of fused-ring (bicyclic) bond motifs is 1. The molecule has 0 fully saturated rings. The summed E-state index contributed by atoms with van der Waals surface area (Å²) in [5.74, 6) is 0.516. The summed E-state index contributed by atoms with van der Waals surface area (Å²) in [5.41, 5.74) is 6.17. The van der Waals surface area contributed by atoms with Crippen LogP contribution >= 0.6 is 15.9 Å². The maximum absolute atomic E-state index is 10.5. The molecule has 0 aliphatic heterocycles. The summed E-state index contributed by atoms with van der Waals surface area (Å²) in [7, 11) is 0. The molecular weight excluding hydrogens is 432 g/mol. The van der Waals surface area contributed by atoms with Gasteiger partial charge in [-0.25, -0.2) is 4.98 Å². The van der Waals surface area contributed by atoms with Crippen LogP contribution in [0.4, 0.5) is 5.69 Å². The molecule has 4 aromatic rings. The fraction of sp³-hybridized carbons (Fsp3) is 0.130. The summed E-state index contributed by atoms with van der Waals surface area (Å²) in [6, 6.07) is 12.6. The number of halogens is 1. The molecule has 5 nitrogen and oxygen atoms in total. The third kappa shape index (κ3) is 3.63. The van der Waals surface area contributed by atoms with Gasteiger partial charge in [0.05, 0.1) is 15.7 Å². The first kappa shape index (κ1) is 19.2. The Morgan fingerprint density at radius 1 is 1.03 bits per heavy atom. The van der Waals surface area contributed by atoms with Gasteiger partial charge in [-0.3, -0.25) is 4.99 Å². The zero-order chi connectivity index (χ0) is 20.7. The van der Waals surface area contributed by atoms with Crippen LogP contribution in [0.5, 0.6) is 11.5 Å². The average Bonchev–Trinajstić information content (AvgIpc) is 3.11. The Morgan fingerprint density at radius 3 is 2.59 bits per heavy atom. The lowest BCUT2D eigenvalue weighted by atomic mass is 10.1. The zero-order valence-electron chi connectivity index (χ0n) is 16.2. The van der Waals surface area contributed by atoms with Gasteiger partial charge >= 0.3 is 0 Å². The summed E-state index contributed by atoms with van der Waals surface area (Å²) < 4.78 is 6.42. The van der Waals surface area contributed by atoms with Crippen LogP contribution < -0.4 is 0 Å². The van der Waals surface area contributed by atoms with E-state index in [-0.39, 0.29) is 11.5 Å². The lowest BCUT2D eigenvalue weighted by Crippen LogP contribution is -1.90. The SMILES string of the molecule is Cc1ccc2oc(-c3ccc(N=Cc4cc(C)c(C)c(Br)c4O)cc3O)nc2c1. The number of hydrogen-bond donors (Lipinski definition) is 2. The molecule has 4 rings (SSSR count). The third-order valence-corrected chi connectivity index (χ3v) is 5.85. The predicted molar refractivity (Wildman–Crippen MR) is 118 cm³/mol. The lowest BCUT2D eigenvalue weighted by molar-refractivity contribution is 0.470. The Hall–Kier alpha value is -3.12. The Kier molecular flexibility index (Phi) is 4.88. The molecule has 1 aromatic heterocycles. The van der Waals surface area contributed by atoms with Crippen molar-refractivity contribution in [1.82, 2.24) is 4.98 Å². The number of aliphatic imine (C=N–C) groups is 1. The van der Waals surface area contributed by atoms with Crippen LogP contribution in [0.1, 0.15) is 22.3 Å². The summed E-state index contributed by atoms with van der Waals surface area (Å²) in [6.07, 6.45) is 1.57. The van der Waals surface area contributed by atoms with Crippen LogP contribution in [0, 0.1) is 20.8 Å². The molecule has 0 saturated heterocycles. The predicted octanol–water partition coefficient (Wildman–Crippen LogP) is 6.34. The van der Waals surface area contributed by atoms with E-state index in [1.165, 1.54) is 0 Å². The maximum atomic E-state index is 10.5. The Bertz CT molecular complexity index is 1280. The van der Waals surface area contributed by atoms with Crippen molar-refractivity contribution in [2.45, 2.75) is 20.8 Å². The number of rotatable bonds is 3. The molecule has 0 radical (unpaired) electrons. The highest BCUT2D eigenvalue weighted by atomic mass is 79.9. The van der Waals surface area contributed by atoms with Gasteiger partial charge in [0.25, 0.3) is 0 Å². The highest BCUT2D eigenvalue weighted by Crippen LogP contribution is 2.35. The molecule has 2 N–H and O–H groups in total. The first-order valence-electron chi connectivity index (χ1n) is 9.07. The van der Waals surface area contributed by atoms with E-state index < -0.39 is 0 Å². The molecule has 1 heterocycles. The standard InChI is InChI=1S/C23H19BrN2O3/c1-12-4-7-20-18(8-12)26-23(29-20)17-6-5-16(10-19(17)27)25-11-15-9-13(2)14(3)21(24)22(15)28/h4-11,27-28H,1-3H3. The van der Waals surface area contributed by atoms with Crippen LogP contribution in [0.3, 0.4) is 0 Å². The van der Waals surface area contributed by atoms with Gasteiger partial charge in [-0.15, -0.1) is 0 Å². The monoisotopic (exact) mass is 450 g/mol. The van der Waals surface area contributed by atoms with Gasteiger partial charge in [-0.2, -0.15) is 0 Å². The Morgan fingerprint density at radius 2 is 1.83 bits per heavy atom. The minimum atomic E-state index is 0.0217. The van der Waals surface area contributed by atoms with Crippen molar-refractivity contribution >= 4 is 38.9 Å². The molecule has 29 heavy (non-hydrogen) atoms. The third-order valence-electron chi connectivity index (χ3n) is 4.88. The minimum Gasteiger partial charge on any atom is -0.507 e. The van der Waals surface area contributed by atoms with E-state index in [0.29, 0.717) is 32.8 Å². The van der Waals surface area contributed by atoms with Gasteiger partial charge in [0.1, 0.15) is 17.0 Å². The van der Waals surface area contributed by atoms with Crippen molar-refractivity contribution in [3.63, 3.8) is 0 Å². The van der Waals surface area contributed by atoms with Crippen LogP contribution in [-0.4, -0.2) is 21.4 Å². The number of phenols is 2. The lowest BCUT2D eigenvalue weighted by Gasteiger charge is -2.08. The minimum absolute atomic E-state index is 0.0217. The van der Waals surface area contributed by atoms with Crippen molar-refractivity contribution in [3.8, 4) is 23.0 Å².